The normalized spacial score (nSPS) is 9.62. The van der Waals surface area contributed by atoms with Crippen molar-refractivity contribution in [2.45, 2.75) is 6.92 Å². The van der Waals surface area contributed by atoms with Crippen molar-refractivity contribution in [1.82, 2.24) is 5.43 Å². The molecule has 0 atom stereocenters. The van der Waals surface area contributed by atoms with Gasteiger partial charge < -0.3 is 4.74 Å². The van der Waals surface area contributed by atoms with E-state index in [0.717, 1.165) is 0 Å². The van der Waals surface area contributed by atoms with Gasteiger partial charge in [-0.3, -0.25) is 20.3 Å². The maximum atomic E-state index is 11.3. The molecule has 0 spiro atoms. The number of non-ortho nitro benzene ring substituents is 1. The van der Waals surface area contributed by atoms with Crippen LogP contribution in [0.25, 0.3) is 0 Å². The predicted octanol–water partition coefficient (Wildman–Crippen LogP) is 0.597. The lowest BCUT2D eigenvalue weighted by Crippen LogP contribution is -2.30. The number of nitro benzene ring substituents is 1. The van der Waals surface area contributed by atoms with Crippen molar-refractivity contribution >= 4 is 11.6 Å². The number of rotatable bonds is 4. The van der Waals surface area contributed by atoms with Crippen LogP contribution in [-0.2, 0) is 0 Å². The van der Waals surface area contributed by atoms with E-state index < -0.39 is 10.8 Å². The van der Waals surface area contributed by atoms with Crippen LogP contribution in [0.15, 0.2) is 18.2 Å². The van der Waals surface area contributed by atoms with E-state index in [0.29, 0.717) is 6.61 Å². The molecule has 0 heterocycles. The zero-order valence-corrected chi connectivity index (χ0v) is 8.60. The van der Waals surface area contributed by atoms with Crippen molar-refractivity contribution in [3.8, 4) is 5.75 Å². The van der Waals surface area contributed by atoms with Crippen LogP contribution < -0.4 is 16.0 Å². The smallest absolute Gasteiger partial charge is 0.273 e. The van der Waals surface area contributed by atoms with Crippen LogP contribution in [0.1, 0.15) is 17.3 Å². The van der Waals surface area contributed by atoms with Gasteiger partial charge in [0, 0.05) is 6.07 Å². The molecule has 0 unspecified atom stereocenters. The lowest BCUT2D eigenvalue weighted by Gasteiger charge is -2.08. The summed E-state index contributed by atoms with van der Waals surface area (Å²) in [6.07, 6.45) is 0. The molecule has 3 N–H and O–H groups in total. The second kappa shape index (κ2) is 5.08. The van der Waals surface area contributed by atoms with Gasteiger partial charge in [0.25, 0.3) is 11.6 Å². The summed E-state index contributed by atoms with van der Waals surface area (Å²) in [5, 5.41) is 10.5. The average Bonchev–Trinajstić information content (AvgIpc) is 2.28. The number of nitrogens with two attached hydrogens (primary N) is 1. The van der Waals surface area contributed by atoms with Gasteiger partial charge >= 0.3 is 0 Å². The van der Waals surface area contributed by atoms with Gasteiger partial charge in [-0.1, -0.05) is 0 Å². The minimum absolute atomic E-state index is 0.139. The molecular weight excluding hydrogens is 214 g/mol. The zero-order chi connectivity index (χ0) is 12.1. The van der Waals surface area contributed by atoms with Gasteiger partial charge in [-0.05, 0) is 13.0 Å². The maximum absolute atomic E-state index is 11.3. The van der Waals surface area contributed by atoms with Gasteiger partial charge in [0.05, 0.1) is 23.2 Å². The van der Waals surface area contributed by atoms with Crippen LogP contribution in [0, 0.1) is 10.1 Å². The Labute approximate surface area is 91.3 Å². The summed E-state index contributed by atoms with van der Waals surface area (Å²) in [5.41, 5.74) is 1.96. The van der Waals surface area contributed by atoms with Crippen LogP contribution in [0.4, 0.5) is 5.69 Å². The molecule has 1 aromatic carbocycles. The second-order valence-electron chi connectivity index (χ2n) is 2.84. The van der Waals surface area contributed by atoms with Gasteiger partial charge in [0.15, 0.2) is 0 Å². The number of hydrazine groups is 1. The van der Waals surface area contributed by atoms with Crippen molar-refractivity contribution in [2.24, 2.45) is 5.84 Å². The molecule has 0 aromatic heterocycles. The summed E-state index contributed by atoms with van der Waals surface area (Å²) in [6.45, 7) is 2.01. The lowest BCUT2D eigenvalue weighted by molar-refractivity contribution is -0.384. The van der Waals surface area contributed by atoms with E-state index in [1.807, 2.05) is 5.43 Å². The van der Waals surface area contributed by atoms with Gasteiger partial charge in [-0.15, -0.1) is 0 Å². The summed E-state index contributed by atoms with van der Waals surface area (Å²) in [5.74, 6) is 4.56. The summed E-state index contributed by atoms with van der Waals surface area (Å²) >= 11 is 0. The first-order valence-corrected chi connectivity index (χ1v) is 4.52. The molecule has 0 aliphatic carbocycles. The summed E-state index contributed by atoms with van der Waals surface area (Å²) in [6, 6.07) is 3.70. The molecule has 0 saturated heterocycles. The SMILES string of the molecule is CCOc1cc([N+](=O)[O-])ccc1C(=O)NN. The third-order valence-corrected chi connectivity index (χ3v) is 1.85. The lowest BCUT2D eigenvalue weighted by atomic mass is 10.1. The number of carbonyl (C=O) groups is 1. The van der Waals surface area contributed by atoms with E-state index in [-0.39, 0.29) is 17.0 Å². The number of nitro groups is 1. The summed E-state index contributed by atoms with van der Waals surface area (Å²) in [7, 11) is 0. The highest BCUT2D eigenvalue weighted by Gasteiger charge is 2.16. The Morgan fingerprint density at radius 3 is 2.81 bits per heavy atom. The minimum Gasteiger partial charge on any atom is -0.493 e. The predicted molar refractivity (Wildman–Crippen MR) is 55.9 cm³/mol. The maximum Gasteiger partial charge on any atom is 0.273 e. The molecule has 1 rings (SSSR count). The van der Waals surface area contributed by atoms with E-state index >= 15 is 0 Å². The van der Waals surface area contributed by atoms with E-state index in [1.165, 1.54) is 18.2 Å². The number of amides is 1. The third kappa shape index (κ3) is 2.45. The van der Waals surface area contributed by atoms with Gasteiger partial charge in [0.2, 0.25) is 0 Å². The van der Waals surface area contributed by atoms with Crippen LogP contribution >= 0.6 is 0 Å². The Morgan fingerprint density at radius 1 is 1.62 bits per heavy atom. The number of ether oxygens (including phenoxy) is 1. The number of nitrogen functional groups attached to an aromatic ring is 1. The first-order valence-electron chi connectivity index (χ1n) is 4.52. The standard InChI is InChI=1S/C9H11N3O4/c1-2-16-8-5-6(12(14)15)3-4-7(8)9(13)11-10/h3-5H,2,10H2,1H3,(H,11,13). The molecule has 0 radical (unpaired) electrons. The first-order chi connectivity index (χ1) is 7.60. The number of benzene rings is 1. The number of hydrogen-bond donors (Lipinski definition) is 2. The van der Waals surface area contributed by atoms with Gasteiger partial charge in [-0.2, -0.15) is 0 Å². The molecule has 7 heteroatoms. The first kappa shape index (κ1) is 11.9. The van der Waals surface area contributed by atoms with E-state index in [4.69, 9.17) is 10.6 Å². The largest absolute Gasteiger partial charge is 0.493 e. The quantitative estimate of drug-likeness (QED) is 0.337. The van der Waals surface area contributed by atoms with E-state index in [1.54, 1.807) is 6.92 Å². The van der Waals surface area contributed by atoms with E-state index in [2.05, 4.69) is 0 Å². The summed E-state index contributed by atoms with van der Waals surface area (Å²) in [4.78, 5) is 21.3. The van der Waals surface area contributed by atoms with Crippen LogP contribution in [0.2, 0.25) is 0 Å². The molecule has 0 saturated carbocycles. The van der Waals surface area contributed by atoms with Crippen molar-refractivity contribution in [3.05, 3.63) is 33.9 Å². The van der Waals surface area contributed by atoms with Crippen LogP contribution in [-0.4, -0.2) is 17.4 Å². The third-order valence-electron chi connectivity index (χ3n) is 1.85. The Hall–Kier alpha value is -2.15. The number of nitrogens with zero attached hydrogens (tertiary/aromatic N) is 1. The minimum atomic E-state index is -0.563. The zero-order valence-electron chi connectivity index (χ0n) is 8.60. The molecule has 7 nitrogen and oxygen atoms in total. The Morgan fingerprint density at radius 2 is 2.31 bits per heavy atom. The van der Waals surface area contributed by atoms with Gasteiger partial charge in [-0.25, -0.2) is 5.84 Å². The number of carbonyl (C=O) groups excluding carboxylic acids is 1. The van der Waals surface area contributed by atoms with Crippen LogP contribution in [0.5, 0.6) is 5.75 Å². The van der Waals surface area contributed by atoms with Crippen LogP contribution in [0.3, 0.4) is 0 Å². The molecule has 16 heavy (non-hydrogen) atoms. The molecule has 1 aromatic rings. The molecule has 86 valence electrons. The fourth-order valence-corrected chi connectivity index (χ4v) is 1.16. The topological polar surface area (TPSA) is 107 Å². The van der Waals surface area contributed by atoms with Crippen molar-refractivity contribution in [2.75, 3.05) is 6.61 Å². The highest BCUT2D eigenvalue weighted by Crippen LogP contribution is 2.24. The summed E-state index contributed by atoms with van der Waals surface area (Å²) < 4.78 is 5.13. The molecular formula is C9H11N3O4. The highest BCUT2D eigenvalue weighted by molar-refractivity contribution is 5.96. The van der Waals surface area contributed by atoms with Crippen molar-refractivity contribution in [3.63, 3.8) is 0 Å². The van der Waals surface area contributed by atoms with E-state index in [9.17, 15) is 14.9 Å². The fraction of sp³-hybridized carbons (Fsp3) is 0.222. The Kier molecular flexibility index (Phi) is 3.78. The Bertz CT molecular complexity index is 419. The van der Waals surface area contributed by atoms with Crippen molar-refractivity contribution in [1.29, 1.82) is 0 Å². The van der Waals surface area contributed by atoms with Crippen molar-refractivity contribution < 1.29 is 14.5 Å². The highest BCUT2D eigenvalue weighted by atomic mass is 16.6. The molecule has 0 aliphatic rings. The fourth-order valence-electron chi connectivity index (χ4n) is 1.16. The molecule has 0 bridgehead atoms. The molecule has 0 aliphatic heterocycles. The number of nitrogens with one attached hydrogen (secondary N) is 1. The van der Waals surface area contributed by atoms with Gasteiger partial charge in [0.1, 0.15) is 5.75 Å². The molecule has 1 amide bonds. The Balaban J connectivity index is 3.18. The monoisotopic (exact) mass is 225 g/mol. The molecule has 0 fully saturated rings. The average molecular weight is 225 g/mol. The number of hydrogen-bond acceptors (Lipinski definition) is 5. The second-order valence-corrected chi connectivity index (χ2v) is 2.84.